The zero-order chi connectivity index (χ0) is 55.6. The van der Waals surface area contributed by atoms with E-state index in [2.05, 4.69) is 141 Å². The minimum absolute atomic E-state index is 0.0382. The second-order valence-corrected chi connectivity index (χ2v) is 21.7. The monoisotopic (exact) mass is 1070 g/mol. The largest absolute Gasteiger partial charge is 0.756 e. The first-order valence-electron chi connectivity index (χ1n) is 29.5. The molecule has 0 saturated heterocycles. The van der Waals surface area contributed by atoms with Crippen LogP contribution in [-0.2, 0) is 32.7 Å². The molecule has 0 spiro atoms. The van der Waals surface area contributed by atoms with E-state index in [0.29, 0.717) is 23.9 Å². The molecule has 0 N–H and O–H groups in total. The number of nitrogens with zero attached hydrogens (tertiary/aromatic N) is 1. The zero-order valence-corrected chi connectivity index (χ0v) is 49.5. The van der Waals surface area contributed by atoms with Crippen LogP contribution in [-0.4, -0.2) is 70.0 Å². The molecule has 0 rings (SSSR count). The first kappa shape index (κ1) is 71.9. The number of hydrogen-bond acceptors (Lipinski definition) is 8. The molecule has 0 aliphatic heterocycles. The summed E-state index contributed by atoms with van der Waals surface area (Å²) in [6.07, 6.45) is 82.3. The summed E-state index contributed by atoms with van der Waals surface area (Å²) in [5, 5.41) is 0. The number of rotatable bonds is 52. The number of esters is 2. The Bertz CT molecular complexity index is 1790. The van der Waals surface area contributed by atoms with Crippen molar-refractivity contribution in [3.05, 3.63) is 146 Å². The van der Waals surface area contributed by atoms with Crippen molar-refractivity contribution in [1.29, 1.82) is 0 Å². The Morgan fingerprint density at radius 3 is 1.12 bits per heavy atom. The Morgan fingerprint density at radius 1 is 0.421 bits per heavy atom. The van der Waals surface area contributed by atoms with E-state index >= 15 is 0 Å². The van der Waals surface area contributed by atoms with Gasteiger partial charge in [-0.1, -0.05) is 243 Å². The third kappa shape index (κ3) is 59.1. The maximum absolute atomic E-state index is 12.8. The van der Waals surface area contributed by atoms with Crippen molar-refractivity contribution in [1.82, 2.24) is 0 Å². The van der Waals surface area contributed by atoms with E-state index in [1.165, 1.54) is 77.0 Å². The van der Waals surface area contributed by atoms with Gasteiger partial charge in [0, 0.05) is 6.42 Å². The fourth-order valence-corrected chi connectivity index (χ4v) is 8.14. The van der Waals surface area contributed by atoms with E-state index in [-0.39, 0.29) is 26.1 Å². The van der Waals surface area contributed by atoms with Gasteiger partial charge in [0.15, 0.2) is 6.10 Å². The van der Waals surface area contributed by atoms with Gasteiger partial charge in [-0.05, 0) is 96.3 Å². The van der Waals surface area contributed by atoms with Gasteiger partial charge in [0.2, 0.25) is 0 Å². The second kappa shape index (κ2) is 55.6. The van der Waals surface area contributed by atoms with Crippen LogP contribution in [0.25, 0.3) is 0 Å². The van der Waals surface area contributed by atoms with Crippen molar-refractivity contribution in [2.45, 2.75) is 213 Å². The lowest BCUT2D eigenvalue weighted by molar-refractivity contribution is -0.870. The maximum Gasteiger partial charge on any atom is 0.309 e. The summed E-state index contributed by atoms with van der Waals surface area (Å²) in [4.78, 5) is 37.7. The van der Waals surface area contributed by atoms with Gasteiger partial charge in [-0.25, -0.2) is 0 Å². The molecule has 0 aliphatic carbocycles. The van der Waals surface area contributed by atoms with E-state index in [0.717, 1.165) is 89.9 Å². The van der Waals surface area contributed by atoms with Crippen molar-refractivity contribution >= 4 is 19.8 Å². The average molecular weight is 1070 g/mol. The second-order valence-electron chi connectivity index (χ2n) is 20.3. The van der Waals surface area contributed by atoms with Crippen molar-refractivity contribution in [2.24, 2.45) is 0 Å². The van der Waals surface area contributed by atoms with Crippen molar-refractivity contribution in [3.63, 3.8) is 0 Å². The Hall–Kier alpha value is -4.11. The molecular weight excluding hydrogens is 966 g/mol. The molecule has 9 nitrogen and oxygen atoms in total. The number of likely N-dealkylation sites (N-methyl/N-ethyl adjacent to an activating group) is 1. The molecule has 0 aromatic heterocycles. The molecule has 430 valence electrons. The molecule has 0 aliphatic rings. The van der Waals surface area contributed by atoms with Crippen LogP contribution in [0.5, 0.6) is 0 Å². The smallest absolute Gasteiger partial charge is 0.309 e. The highest BCUT2D eigenvalue weighted by atomic mass is 31.2. The molecule has 0 amide bonds. The molecular formula is C66H108NO8P. The third-order valence-electron chi connectivity index (χ3n) is 11.9. The molecule has 2 atom stereocenters. The predicted molar refractivity (Wildman–Crippen MR) is 323 cm³/mol. The summed E-state index contributed by atoms with van der Waals surface area (Å²) >= 11 is 0. The molecule has 0 fully saturated rings. The number of phosphoric acid groups is 1. The number of phosphoric ester groups is 1. The first-order valence-corrected chi connectivity index (χ1v) is 31.0. The van der Waals surface area contributed by atoms with Crippen LogP contribution in [0.2, 0.25) is 0 Å². The number of ether oxygens (including phenoxy) is 2. The van der Waals surface area contributed by atoms with Crippen molar-refractivity contribution < 1.29 is 42.1 Å². The fraction of sp³-hybridized carbons (Fsp3) is 0.606. The Balaban J connectivity index is 4.12. The van der Waals surface area contributed by atoms with Crippen LogP contribution in [0.15, 0.2) is 146 Å². The molecule has 0 heterocycles. The molecule has 0 aromatic rings. The Labute approximate surface area is 465 Å². The molecule has 0 saturated carbocycles. The molecule has 76 heavy (non-hydrogen) atoms. The first-order chi connectivity index (χ1) is 37.0. The average Bonchev–Trinajstić information content (AvgIpc) is 3.38. The van der Waals surface area contributed by atoms with Crippen LogP contribution in [0.3, 0.4) is 0 Å². The normalized spacial score (nSPS) is 14.3. The minimum atomic E-state index is -4.66. The molecule has 0 bridgehead atoms. The molecule has 10 heteroatoms. The Morgan fingerprint density at radius 2 is 0.750 bits per heavy atom. The number of carbonyl (C=O) groups excluding carboxylic acids is 2. The number of hydrogen-bond donors (Lipinski definition) is 0. The van der Waals surface area contributed by atoms with E-state index in [1.807, 2.05) is 33.3 Å². The van der Waals surface area contributed by atoms with Gasteiger partial charge in [-0.2, -0.15) is 0 Å². The van der Waals surface area contributed by atoms with E-state index < -0.39 is 32.5 Å². The zero-order valence-electron chi connectivity index (χ0n) is 48.6. The lowest BCUT2D eigenvalue weighted by Gasteiger charge is -2.28. The number of carbonyl (C=O) groups is 2. The summed E-state index contributed by atoms with van der Waals surface area (Å²) in [5.41, 5.74) is 0. The topological polar surface area (TPSA) is 111 Å². The summed E-state index contributed by atoms with van der Waals surface area (Å²) in [6, 6.07) is 0. The van der Waals surface area contributed by atoms with Gasteiger partial charge in [0.1, 0.15) is 19.8 Å². The van der Waals surface area contributed by atoms with Crippen LogP contribution >= 0.6 is 7.82 Å². The standard InChI is InChI=1S/C66H108NO8P/c1-6-8-10-12-14-16-18-20-22-23-24-25-26-27-28-29-30-31-32-33-34-35-36-37-38-39-40-41-42-43-45-47-49-51-53-55-57-59-66(69)75-64(63-74-76(70,71)73-61-60-67(3,4)5)62-72-65(68)58-56-54-52-50-48-46-44-21-19-17-15-13-11-9-7-2/h8-11,14-17,20-22,24-25,27-28,30-31,33-34,44,48,50,54,56,64H,6-7,12-13,18-19,23,26,29,32,35-43,45-47,49,51-53,55,57-63H2,1-5H3/b10-8-,11-9-,16-14-,17-15-,22-20-,25-24-,28-27-,31-30-,34-33-,44-21-,50-48-,56-54-. The number of quaternary nitrogens is 1. The maximum atomic E-state index is 12.8. The predicted octanol–water partition coefficient (Wildman–Crippen LogP) is 18.1. The van der Waals surface area contributed by atoms with Gasteiger partial charge >= 0.3 is 11.9 Å². The molecule has 0 radical (unpaired) electrons. The Kier molecular flexibility index (Phi) is 52.6. The summed E-state index contributed by atoms with van der Waals surface area (Å²) in [5.74, 6) is -0.990. The highest BCUT2D eigenvalue weighted by Gasteiger charge is 2.21. The van der Waals surface area contributed by atoms with Crippen LogP contribution in [0.4, 0.5) is 0 Å². The minimum Gasteiger partial charge on any atom is -0.756 e. The number of unbranched alkanes of at least 4 members (excludes halogenated alkanes) is 15. The van der Waals surface area contributed by atoms with Crippen LogP contribution < -0.4 is 4.89 Å². The van der Waals surface area contributed by atoms with E-state index in [1.54, 1.807) is 6.08 Å². The quantitative estimate of drug-likeness (QED) is 0.0195. The summed E-state index contributed by atoms with van der Waals surface area (Å²) < 4.78 is 34.0. The lowest BCUT2D eigenvalue weighted by Crippen LogP contribution is -2.37. The lowest BCUT2D eigenvalue weighted by atomic mass is 10.0. The summed E-state index contributed by atoms with van der Waals surface area (Å²) in [7, 11) is 1.10. The van der Waals surface area contributed by atoms with Gasteiger partial charge < -0.3 is 27.9 Å². The highest BCUT2D eigenvalue weighted by molar-refractivity contribution is 7.45. The summed E-state index contributed by atoms with van der Waals surface area (Å²) in [6.45, 7) is 3.87. The van der Waals surface area contributed by atoms with Gasteiger partial charge in [-0.3, -0.25) is 14.2 Å². The van der Waals surface area contributed by atoms with Crippen molar-refractivity contribution in [3.8, 4) is 0 Å². The van der Waals surface area contributed by atoms with E-state index in [4.69, 9.17) is 18.5 Å². The van der Waals surface area contributed by atoms with Crippen molar-refractivity contribution in [2.75, 3.05) is 47.5 Å². The third-order valence-corrected chi connectivity index (χ3v) is 12.9. The molecule has 0 aromatic carbocycles. The van der Waals surface area contributed by atoms with Gasteiger partial charge in [0.25, 0.3) is 7.82 Å². The highest BCUT2D eigenvalue weighted by Crippen LogP contribution is 2.38. The SMILES string of the molecule is CC/C=C\C/C=C\C/C=C\C/C=C\C/C=C\C/C=C\C/C=C\CCCCCCCCCCCCCCCCCC(=O)OC(COC(=O)C/C=C\C/C=C\C/C=C\C/C=C\C/C=C\CC)COP(=O)([O-])OCC[N+](C)(C)C. The fourth-order valence-electron chi connectivity index (χ4n) is 7.41. The van der Waals surface area contributed by atoms with E-state index in [9.17, 15) is 19.0 Å². The number of allylic oxidation sites excluding steroid dienone is 23. The van der Waals surface area contributed by atoms with Crippen LogP contribution in [0, 0.1) is 0 Å². The molecule has 2 unspecified atom stereocenters. The van der Waals surface area contributed by atoms with Crippen LogP contribution in [0.1, 0.15) is 206 Å². The van der Waals surface area contributed by atoms with Gasteiger partial charge in [0.05, 0.1) is 34.2 Å². The van der Waals surface area contributed by atoms with Gasteiger partial charge in [-0.15, -0.1) is 0 Å².